The van der Waals surface area contributed by atoms with Crippen molar-refractivity contribution in [3.05, 3.63) is 66.0 Å². The van der Waals surface area contributed by atoms with Gasteiger partial charge >= 0.3 is 0 Å². The van der Waals surface area contributed by atoms with E-state index < -0.39 is 5.82 Å². The molecule has 0 spiro atoms. The van der Waals surface area contributed by atoms with Crippen molar-refractivity contribution < 1.29 is 9.13 Å². The number of ether oxygens (including phenoxy) is 1. The highest BCUT2D eigenvalue weighted by Crippen LogP contribution is 2.37. The predicted molar refractivity (Wildman–Crippen MR) is 132 cm³/mol. The van der Waals surface area contributed by atoms with Gasteiger partial charge in [0.15, 0.2) is 11.5 Å². The molecule has 0 fully saturated rings. The lowest BCUT2D eigenvalue weighted by molar-refractivity contribution is 0.321. The van der Waals surface area contributed by atoms with Gasteiger partial charge in [-0.1, -0.05) is 18.2 Å². The highest BCUT2D eigenvalue weighted by Gasteiger charge is 2.21. The Hall–Kier alpha value is -4.40. The fourth-order valence-corrected chi connectivity index (χ4v) is 4.18. The zero-order valence-electron chi connectivity index (χ0n) is 19.5. The summed E-state index contributed by atoms with van der Waals surface area (Å²) < 4.78 is 22.7. The lowest BCUT2D eigenvalue weighted by atomic mass is 10.0. The lowest BCUT2D eigenvalue weighted by Crippen LogP contribution is -2.18. The highest BCUT2D eigenvalue weighted by atomic mass is 19.1. The molecule has 0 radical (unpaired) electrons. The predicted octanol–water partition coefficient (Wildman–Crippen LogP) is 4.71. The van der Waals surface area contributed by atoms with Gasteiger partial charge in [-0.15, -0.1) is 0 Å². The second-order valence-electron chi connectivity index (χ2n) is 8.55. The molecule has 0 saturated carbocycles. The summed E-state index contributed by atoms with van der Waals surface area (Å²) in [6, 6.07) is 11.0. The van der Waals surface area contributed by atoms with Crippen molar-refractivity contribution in [1.29, 1.82) is 0 Å². The van der Waals surface area contributed by atoms with Gasteiger partial charge in [-0.25, -0.2) is 24.3 Å². The number of hydrogen-bond donors (Lipinski definition) is 1. The summed E-state index contributed by atoms with van der Waals surface area (Å²) >= 11 is 0. The second kappa shape index (κ2) is 8.12. The Labute approximate surface area is 200 Å². The minimum atomic E-state index is -0.442. The Morgan fingerprint density at radius 2 is 1.80 bits per heavy atom. The Kier molecular flexibility index (Phi) is 4.91. The maximum atomic E-state index is 15.4. The topological polar surface area (TPSA) is 90.6 Å². The summed E-state index contributed by atoms with van der Waals surface area (Å²) in [6.07, 6.45) is 3.75. The summed E-state index contributed by atoms with van der Waals surface area (Å²) in [5, 5.41) is 7.53. The van der Waals surface area contributed by atoms with Crippen molar-refractivity contribution in [2.45, 2.75) is 13.8 Å². The smallest absolute Gasteiger partial charge is 0.182 e. The molecule has 4 heterocycles. The molecule has 1 N–H and O–H groups in total. The number of aryl methyl sites for hydroxylation is 3. The van der Waals surface area contributed by atoms with Crippen LogP contribution in [-0.2, 0) is 7.05 Å². The Bertz CT molecular complexity index is 1610. The van der Waals surface area contributed by atoms with Crippen molar-refractivity contribution in [3.8, 4) is 39.5 Å². The van der Waals surface area contributed by atoms with Gasteiger partial charge in [-0.2, -0.15) is 5.10 Å². The molecule has 0 bridgehead atoms. The van der Waals surface area contributed by atoms with E-state index in [1.54, 1.807) is 16.9 Å². The van der Waals surface area contributed by atoms with Gasteiger partial charge in [-0.05, 0) is 31.5 Å². The fourth-order valence-electron chi connectivity index (χ4n) is 4.18. The maximum Gasteiger partial charge on any atom is 0.182 e. The van der Waals surface area contributed by atoms with E-state index in [4.69, 9.17) is 19.7 Å². The number of fused-ring (bicyclic) bond motifs is 2. The number of nitrogens with one attached hydrogen (secondary N) is 1. The highest BCUT2D eigenvalue weighted by molar-refractivity contribution is 5.90. The van der Waals surface area contributed by atoms with Gasteiger partial charge in [0.05, 0.1) is 23.3 Å². The van der Waals surface area contributed by atoms with Crippen LogP contribution in [-0.4, -0.2) is 42.9 Å². The van der Waals surface area contributed by atoms with Crippen LogP contribution >= 0.6 is 0 Å². The van der Waals surface area contributed by atoms with Crippen molar-refractivity contribution in [2.75, 3.05) is 18.5 Å². The van der Waals surface area contributed by atoms with Gasteiger partial charge in [0.2, 0.25) is 0 Å². The van der Waals surface area contributed by atoms with Crippen LogP contribution in [0.25, 0.3) is 44.9 Å². The molecule has 9 heteroatoms. The molecule has 6 rings (SSSR count). The summed E-state index contributed by atoms with van der Waals surface area (Å²) in [5.74, 6) is 0.484. The molecule has 5 aromatic rings. The van der Waals surface area contributed by atoms with E-state index in [0.717, 1.165) is 33.8 Å². The average Bonchev–Trinajstić information content (AvgIpc) is 3.30. The van der Waals surface area contributed by atoms with Crippen molar-refractivity contribution in [2.24, 2.45) is 7.05 Å². The Morgan fingerprint density at radius 3 is 2.63 bits per heavy atom. The normalized spacial score (nSPS) is 12.8. The molecule has 0 amide bonds. The van der Waals surface area contributed by atoms with E-state index in [9.17, 15) is 0 Å². The molecule has 0 unspecified atom stereocenters. The van der Waals surface area contributed by atoms with Crippen LogP contribution < -0.4 is 10.1 Å². The summed E-state index contributed by atoms with van der Waals surface area (Å²) in [7, 11) is 1.88. The lowest BCUT2D eigenvalue weighted by Gasteiger charge is -2.20. The average molecular weight is 468 g/mol. The second-order valence-corrected chi connectivity index (χ2v) is 8.55. The summed E-state index contributed by atoms with van der Waals surface area (Å²) in [6.45, 7) is 4.89. The summed E-state index contributed by atoms with van der Waals surface area (Å²) in [4.78, 5) is 18.9. The first-order valence-corrected chi connectivity index (χ1v) is 11.3. The van der Waals surface area contributed by atoms with Crippen LogP contribution in [0.5, 0.6) is 5.75 Å². The molecule has 8 nitrogen and oxygen atoms in total. The van der Waals surface area contributed by atoms with Gasteiger partial charge in [0.25, 0.3) is 0 Å². The molecule has 2 aromatic carbocycles. The monoisotopic (exact) mass is 467 g/mol. The molecule has 1 aliphatic rings. The largest absolute Gasteiger partial charge is 0.489 e. The molecule has 1 aliphatic heterocycles. The van der Waals surface area contributed by atoms with Crippen LogP contribution in [0.4, 0.5) is 10.1 Å². The molecular weight excluding hydrogens is 445 g/mol. The minimum absolute atomic E-state index is 0.316. The molecular formula is C26H22FN7O. The number of anilines is 1. The van der Waals surface area contributed by atoms with Gasteiger partial charge in [-0.3, -0.25) is 4.68 Å². The number of nitrogens with zero attached hydrogens (tertiary/aromatic N) is 6. The van der Waals surface area contributed by atoms with E-state index >= 15 is 4.39 Å². The zero-order valence-corrected chi connectivity index (χ0v) is 19.5. The molecule has 0 saturated heterocycles. The van der Waals surface area contributed by atoms with Crippen LogP contribution in [0.3, 0.4) is 0 Å². The summed E-state index contributed by atoms with van der Waals surface area (Å²) in [5.41, 5.74) is 6.55. The third-order valence-electron chi connectivity index (χ3n) is 6.10. The molecule has 3 aromatic heterocycles. The third-order valence-corrected chi connectivity index (χ3v) is 6.10. The maximum absolute atomic E-state index is 15.4. The van der Waals surface area contributed by atoms with E-state index in [1.807, 2.05) is 51.4 Å². The SMILES string of the molecule is Cc1nc2nc(-c3cccc(-c4cnn(C)c4)c3)nc(-c3cc4c(cc3F)OCCN4)c2nc1C. The van der Waals surface area contributed by atoms with E-state index in [0.29, 0.717) is 47.1 Å². The first-order chi connectivity index (χ1) is 17.0. The van der Waals surface area contributed by atoms with Crippen molar-refractivity contribution in [3.63, 3.8) is 0 Å². The van der Waals surface area contributed by atoms with Crippen LogP contribution in [0.2, 0.25) is 0 Å². The Morgan fingerprint density at radius 1 is 0.971 bits per heavy atom. The van der Waals surface area contributed by atoms with Gasteiger partial charge < -0.3 is 10.1 Å². The fraction of sp³-hybridized carbons (Fsp3) is 0.192. The molecule has 174 valence electrons. The van der Waals surface area contributed by atoms with E-state index in [2.05, 4.69) is 15.4 Å². The third kappa shape index (κ3) is 3.74. The minimum Gasteiger partial charge on any atom is -0.489 e. The zero-order chi connectivity index (χ0) is 24.1. The van der Waals surface area contributed by atoms with E-state index in [1.165, 1.54) is 6.07 Å². The van der Waals surface area contributed by atoms with Crippen molar-refractivity contribution in [1.82, 2.24) is 29.7 Å². The first kappa shape index (κ1) is 21.2. The van der Waals surface area contributed by atoms with Crippen LogP contribution in [0.1, 0.15) is 11.4 Å². The number of aromatic nitrogens is 6. The quantitative estimate of drug-likeness (QED) is 0.411. The standard InChI is InChI=1S/C26H22FN7O/c1-14-15(2)31-26-24(30-14)23(19-10-21-22(11-20(19)27)35-8-7-28-21)32-25(33-26)17-6-4-5-16(9-17)18-12-29-34(3)13-18/h4-6,9-13,28H,7-8H2,1-3H3. The van der Waals surface area contributed by atoms with Crippen molar-refractivity contribution >= 4 is 16.9 Å². The number of halogens is 1. The van der Waals surface area contributed by atoms with Crippen LogP contribution in [0.15, 0.2) is 48.8 Å². The number of rotatable bonds is 3. The number of hydrogen-bond acceptors (Lipinski definition) is 7. The van der Waals surface area contributed by atoms with Crippen LogP contribution in [0, 0.1) is 19.7 Å². The van der Waals surface area contributed by atoms with Gasteiger partial charge in [0, 0.05) is 42.5 Å². The molecule has 35 heavy (non-hydrogen) atoms. The van der Waals surface area contributed by atoms with E-state index in [-0.39, 0.29) is 0 Å². The van der Waals surface area contributed by atoms with Gasteiger partial charge in [0.1, 0.15) is 29.4 Å². The molecule has 0 aliphatic carbocycles. The molecule has 0 atom stereocenters. The number of benzene rings is 2. The first-order valence-electron chi connectivity index (χ1n) is 11.3. The Balaban J connectivity index is 1.58.